The molecule has 2 heterocycles. The number of benzene rings is 2. The highest BCUT2D eigenvalue weighted by Crippen LogP contribution is 2.29. The minimum absolute atomic E-state index is 0.0457. The van der Waals surface area contributed by atoms with Gasteiger partial charge in [0, 0.05) is 45.3 Å². The summed E-state index contributed by atoms with van der Waals surface area (Å²) in [5.41, 5.74) is 2.53. The van der Waals surface area contributed by atoms with Gasteiger partial charge in [-0.05, 0) is 49.2 Å². The first kappa shape index (κ1) is 21.9. The molecule has 0 bridgehead atoms. The maximum atomic E-state index is 8.88. The van der Waals surface area contributed by atoms with Crippen LogP contribution in [0.5, 0.6) is 11.5 Å². The number of anilines is 1. The van der Waals surface area contributed by atoms with E-state index in [1.807, 2.05) is 24.3 Å². The molecule has 31 heavy (non-hydrogen) atoms. The number of methoxy groups -OCH3 is 1. The van der Waals surface area contributed by atoms with Crippen LogP contribution < -0.4 is 14.4 Å². The molecule has 0 aliphatic carbocycles. The third kappa shape index (κ3) is 5.70. The summed E-state index contributed by atoms with van der Waals surface area (Å²) in [5, 5.41) is 8.88. The number of likely N-dealkylation sites (tertiary alicyclic amines) is 1. The van der Waals surface area contributed by atoms with Gasteiger partial charge in [-0.3, -0.25) is 9.80 Å². The number of aliphatic hydroxyl groups is 1. The van der Waals surface area contributed by atoms with Gasteiger partial charge in [0.15, 0.2) is 0 Å². The molecule has 0 unspecified atom stereocenters. The van der Waals surface area contributed by atoms with Crippen molar-refractivity contribution in [2.45, 2.75) is 25.4 Å². The summed E-state index contributed by atoms with van der Waals surface area (Å²) in [4.78, 5) is 7.73. The van der Waals surface area contributed by atoms with E-state index in [4.69, 9.17) is 14.6 Å². The summed E-state index contributed by atoms with van der Waals surface area (Å²) in [6.45, 7) is 7.98. The third-order valence-electron chi connectivity index (χ3n) is 6.43. The summed E-state index contributed by atoms with van der Waals surface area (Å²) >= 11 is 0. The minimum atomic E-state index is 0.0457. The van der Waals surface area contributed by atoms with Gasteiger partial charge in [-0.2, -0.15) is 0 Å². The van der Waals surface area contributed by atoms with Crippen molar-refractivity contribution in [2.75, 3.05) is 64.5 Å². The van der Waals surface area contributed by atoms with E-state index < -0.39 is 0 Å². The van der Waals surface area contributed by atoms with E-state index in [0.717, 1.165) is 50.8 Å². The zero-order valence-electron chi connectivity index (χ0n) is 18.6. The van der Waals surface area contributed by atoms with Gasteiger partial charge < -0.3 is 19.5 Å². The van der Waals surface area contributed by atoms with Crippen molar-refractivity contribution in [2.24, 2.45) is 0 Å². The van der Waals surface area contributed by atoms with Gasteiger partial charge in [0.2, 0.25) is 0 Å². The van der Waals surface area contributed by atoms with Crippen LogP contribution in [-0.2, 0) is 6.54 Å². The van der Waals surface area contributed by atoms with Crippen LogP contribution in [0.2, 0.25) is 0 Å². The topological polar surface area (TPSA) is 48.4 Å². The van der Waals surface area contributed by atoms with Crippen LogP contribution >= 0.6 is 0 Å². The van der Waals surface area contributed by atoms with Crippen LogP contribution in [0.25, 0.3) is 0 Å². The Morgan fingerprint density at radius 2 is 1.74 bits per heavy atom. The molecule has 2 aliphatic rings. The average molecular weight is 426 g/mol. The van der Waals surface area contributed by atoms with Crippen molar-refractivity contribution >= 4 is 5.69 Å². The molecule has 2 aromatic carbocycles. The van der Waals surface area contributed by atoms with Gasteiger partial charge in [-0.15, -0.1) is 0 Å². The summed E-state index contributed by atoms with van der Waals surface area (Å²) in [7, 11) is 1.75. The lowest BCUT2D eigenvalue weighted by Gasteiger charge is -2.44. The Morgan fingerprint density at radius 3 is 2.48 bits per heavy atom. The predicted molar refractivity (Wildman–Crippen MR) is 124 cm³/mol. The number of piperazine rings is 1. The van der Waals surface area contributed by atoms with E-state index in [1.54, 1.807) is 7.11 Å². The summed E-state index contributed by atoms with van der Waals surface area (Å²) < 4.78 is 11.0. The lowest BCUT2D eigenvalue weighted by atomic mass is 10.0. The summed E-state index contributed by atoms with van der Waals surface area (Å²) in [6, 6.07) is 17.3. The van der Waals surface area contributed by atoms with Gasteiger partial charge >= 0.3 is 0 Å². The van der Waals surface area contributed by atoms with Crippen molar-refractivity contribution in [3.8, 4) is 11.5 Å². The zero-order chi connectivity index (χ0) is 21.5. The Labute approximate surface area is 186 Å². The molecule has 6 heteroatoms. The van der Waals surface area contributed by atoms with Gasteiger partial charge in [0.1, 0.15) is 18.1 Å². The standard InChI is InChI=1S/C25H35N3O3/c1-30-25-7-3-2-6-24(25)28-15-13-27(14-16-28)22-5-4-12-26(20-22)19-21-8-10-23(11-9-21)31-18-17-29/h2-3,6-11,22,29H,4-5,12-20H2,1H3/t22-/m0/s1. The molecule has 0 spiro atoms. The molecular formula is C25H35N3O3. The smallest absolute Gasteiger partial charge is 0.142 e. The first-order valence-electron chi connectivity index (χ1n) is 11.4. The quantitative estimate of drug-likeness (QED) is 0.702. The Hall–Kier alpha value is -2.28. The van der Waals surface area contributed by atoms with E-state index in [9.17, 15) is 0 Å². The van der Waals surface area contributed by atoms with Crippen molar-refractivity contribution in [3.05, 3.63) is 54.1 Å². The molecule has 2 fully saturated rings. The number of piperidine rings is 1. The van der Waals surface area contributed by atoms with Crippen molar-refractivity contribution < 1.29 is 14.6 Å². The van der Waals surface area contributed by atoms with Gasteiger partial charge in [-0.1, -0.05) is 24.3 Å². The first-order valence-corrected chi connectivity index (χ1v) is 11.4. The van der Waals surface area contributed by atoms with E-state index in [1.165, 1.54) is 30.6 Å². The zero-order valence-corrected chi connectivity index (χ0v) is 18.6. The monoisotopic (exact) mass is 425 g/mol. The van der Waals surface area contributed by atoms with Crippen LogP contribution in [0, 0.1) is 0 Å². The Morgan fingerprint density at radius 1 is 0.968 bits per heavy atom. The van der Waals surface area contributed by atoms with Crippen molar-refractivity contribution in [1.29, 1.82) is 0 Å². The number of nitrogens with zero attached hydrogens (tertiary/aromatic N) is 3. The van der Waals surface area contributed by atoms with Crippen LogP contribution in [0.3, 0.4) is 0 Å². The maximum absolute atomic E-state index is 8.88. The Balaban J connectivity index is 1.28. The van der Waals surface area contributed by atoms with Crippen LogP contribution in [-0.4, -0.2) is 80.5 Å². The number of aliphatic hydroxyl groups excluding tert-OH is 1. The molecule has 168 valence electrons. The fourth-order valence-corrected chi connectivity index (χ4v) is 4.80. The molecular weight excluding hydrogens is 390 g/mol. The SMILES string of the molecule is COc1ccccc1N1CCN([C@H]2CCCN(Cc3ccc(OCCO)cc3)C2)CC1. The van der Waals surface area contributed by atoms with E-state index in [0.29, 0.717) is 12.6 Å². The number of hydrogen-bond donors (Lipinski definition) is 1. The van der Waals surface area contributed by atoms with Gasteiger partial charge in [0.05, 0.1) is 19.4 Å². The summed E-state index contributed by atoms with van der Waals surface area (Å²) in [6.07, 6.45) is 2.55. The molecule has 1 atom stereocenters. The summed E-state index contributed by atoms with van der Waals surface area (Å²) in [5.74, 6) is 1.79. The molecule has 0 saturated carbocycles. The Bertz CT molecular complexity index is 806. The van der Waals surface area contributed by atoms with E-state index >= 15 is 0 Å². The largest absolute Gasteiger partial charge is 0.495 e. The highest BCUT2D eigenvalue weighted by molar-refractivity contribution is 5.58. The van der Waals surface area contributed by atoms with Crippen LogP contribution in [0.15, 0.2) is 48.5 Å². The lowest BCUT2D eigenvalue weighted by molar-refractivity contribution is 0.0887. The second kappa shape index (κ2) is 10.8. The average Bonchev–Trinajstić information content (AvgIpc) is 2.84. The van der Waals surface area contributed by atoms with Gasteiger partial charge in [-0.25, -0.2) is 0 Å². The van der Waals surface area contributed by atoms with E-state index in [-0.39, 0.29) is 6.61 Å². The number of rotatable bonds is 8. The fraction of sp³-hybridized carbons (Fsp3) is 0.520. The highest BCUT2D eigenvalue weighted by Gasteiger charge is 2.28. The van der Waals surface area contributed by atoms with Crippen LogP contribution in [0.1, 0.15) is 18.4 Å². The number of hydrogen-bond acceptors (Lipinski definition) is 6. The normalized spacial score (nSPS) is 20.6. The van der Waals surface area contributed by atoms with Gasteiger partial charge in [0.25, 0.3) is 0 Å². The van der Waals surface area contributed by atoms with Crippen LogP contribution in [0.4, 0.5) is 5.69 Å². The molecule has 0 amide bonds. The molecule has 4 rings (SSSR count). The molecule has 2 saturated heterocycles. The highest BCUT2D eigenvalue weighted by atomic mass is 16.5. The van der Waals surface area contributed by atoms with Crippen molar-refractivity contribution in [1.82, 2.24) is 9.80 Å². The molecule has 1 N–H and O–H groups in total. The fourth-order valence-electron chi connectivity index (χ4n) is 4.80. The Kier molecular flexibility index (Phi) is 7.67. The second-order valence-corrected chi connectivity index (χ2v) is 8.44. The number of ether oxygens (including phenoxy) is 2. The molecule has 6 nitrogen and oxygen atoms in total. The molecule has 0 radical (unpaired) electrons. The van der Waals surface area contributed by atoms with E-state index in [2.05, 4.69) is 39.0 Å². The first-order chi connectivity index (χ1) is 15.3. The van der Waals surface area contributed by atoms with Crippen molar-refractivity contribution in [3.63, 3.8) is 0 Å². The predicted octanol–water partition coefficient (Wildman–Crippen LogP) is 2.85. The molecule has 0 aromatic heterocycles. The maximum Gasteiger partial charge on any atom is 0.142 e. The number of para-hydroxylation sites is 2. The second-order valence-electron chi connectivity index (χ2n) is 8.44. The minimum Gasteiger partial charge on any atom is -0.495 e. The molecule has 2 aliphatic heterocycles. The lowest BCUT2D eigenvalue weighted by Crippen LogP contribution is -2.55. The third-order valence-corrected chi connectivity index (χ3v) is 6.43. The molecule has 2 aromatic rings.